The summed E-state index contributed by atoms with van der Waals surface area (Å²) in [5, 5.41) is 18.0. The lowest BCUT2D eigenvalue weighted by Gasteiger charge is -2.16. The number of tetrazole rings is 1. The van der Waals surface area contributed by atoms with Crippen molar-refractivity contribution >= 4 is 11.3 Å². The molecule has 1 unspecified atom stereocenters. The van der Waals surface area contributed by atoms with E-state index < -0.39 is 0 Å². The molecule has 0 aliphatic heterocycles. The summed E-state index contributed by atoms with van der Waals surface area (Å²) in [6.07, 6.45) is 5.52. The number of rotatable bonds is 9. The molecule has 0 aromatic carbocycles. The van der Waals surface area contributed by atoms with Crippen LogP contribution >= 0.6 is 11.3 Å². The Labute approximate surface area is 124 Å². The Morgan fingerprint density at radius 2 is 2.35 bits per heavy atom. The predicted molar refractivity (Wildman–Crippen MR) is 81.8 cm³/mol. The molecule has 5 nitrogen and oxygen atoms in total. The Kier molecular flexibility index (Phi) is 6.14. The van der Waals surface area contributed by atoms with Crippen molar-refractivity contribution in [2.24, 2.45) is 7.05 Å². The van der Waals surface area contributed by atoms with E-state index in [1.807, 2.05) is 18.4 Å². The fourth-order valence-electron chi connectivity index (χ4n) is 2.23. The Bertz CT molecular complexity index is 479. The molecule has 0 saturated carbocycles. The molecule has 0 bridgehead atoms. The molecule has 0 aliphatic rings. The molecule has 0 radical (unpaired) electrons. The van der Waals surface area contributed by atoms with Gasteiger partial charge in [0.1, 0.15) is 0 Å². The molecular weight excluding hydrogens is 270 g/mol. The number of hydrogen-bond acceptors (Lipinski definition) is 5. The van der Waals surface area contributed by atoms with Crippen LogP contribution in [0, 0.1) is 0 Å². The summed E-state index contributed by atoms with van der Waals surface area (Å²) < 4.78 is 0. The maximum absolute atomic E-state index is 4.27. The van der Waals surface area contributed by atoms with Crippen LogP contribution in [-0.4, -0.2) is 32.8 Å². The van der Waals surface area contributed by atoms with Gasteiger partial charge in [-0.05, 0) is 48.9 Å². The van der Waals surface area contributed by atoms with Gasteiger partial charge in [-0.25, -0.2) is 0 Å². The van der Waals surface area contributed by atoms with Crippen molar-refractivity contribution in [2.75, 3.05) is 6.54 Å². The lowest BCUT2D eigenvalue weighted by molar-refractivity contribution is 0.456. The van der Waals surface area contributed by atoms with E-state index in [-0.39, 0.29) is 0 Å². The first kappa shape index (κ1) is 15.1. The summed E-state index contributed by atoms with van der Waals surface area (Å²) in [7, 11) is 1.81. The fraction of sp³-hybridized carbons (Fsp3) is 0.643. The molecule has 6 heteroatoms. The number of nitrogens with zero attached hydrogens (tertiary/aromatic N) is 4. The normalized spacial score (nSPS) is 12.7. The second-order valence-electron chi connectivity index (χ2n) is 5.02. The second-order valence-corrected chi connectivity index (χ2v) is 6.05. The molecule has 2 rings (SSSR count). The van der Waals surface area contributed by atoms with Crippen molar-refractivity contribution in [3.05, 3.63) is 28.2 Å². The Morgan fingerprint density at radius 1 is 1.45 bits per heavy atom. The Balaban J connectivity index is 1.79. The summed E-state index contributed by atoms with van der Waals surface area (Å²) in [5.41, 5.74) is 0. The maximum atomic E-state index is 4.27. The monoisotopic (exact) mass is 293 g/mol. The van der Waals surface area contributed by atoms with Crippen LogP contribution in [0.5, 0.6) is 0 Å². The van der Waals surface area contributed by atoms with Crippen molar-refractivity contribution in [2.45, 2.75) is 45.1 Å². The Morgan fingerprint density at radius 3 is 3.00 bits per heavy atom. The van der Waals surface area contributed by atoms with E-state index in [9.17, 15) is 0 Å². The van der Waals surface area contributed by atoms with Gasteiger partial charge >= 0.3 is 0 Å². The van der Waals surface area contributed by atoms with E-state index >= 15 is 0 Å². The highest BCUT2D eigenvalue weighted by Gasteiger charge is 2.12. The highest BCUT2D eigenvalue weighted by Crippen LogP contribution is 2.13. The molecule has 20 heavy (non-hydrogen) atoms. The lowest BCUT2D eigenvalue weighted by Crippen LogP contribution is -2.32. The summed E-state index contributed by atoms with van der Waals surface area (Å²) >= 11 is 1.84. The average Bonchev–Trinajstić information content (AvgIpc) is 3.08. The van der Waals surface area contributed by atoms with Gasteiger partial charge in [0.25, 0.3) is 0 Å². The van der Waals surface area contributed by atoms with Gasteiger partial charge in [-0.1, -0.05) is 13.0 Å². The van der Waals surface area contributed by atoms with E-state index in [2.05, 4.69) is 45.2 Å². The Hall–Kier alpha value is -1.27. The van der Waals surface area contributed by atoms with Crippen LogP contribution in [0.15, 0.2) is 17.5 Å². The minimum absolute atomic E-state index is 0.444. The quantitative estimate of drug-likeness (QED) is 0.770. The average molecular weight is 293 g/mol. The zero-order chi connectivity index (χ0) is 14.2. The summed E-state index contributed by atoms with van der Waals surface area (Å²) in [6.45, 7) is 3.24. The van der Waals surface area contributed by atoms with E-state index in [0.717, 1.165) is 38.1 Å². The minimum Gasteiger partial charge on any atom is -0.314 e. The molecule has 0 fully saturated rings. The van der Waals surface area contributed by atoms with Crippen LogP contribution in [0.25, 0.3) is 0 Å². The second kappa shape index (κ2) is 8.11. The molecule has 0 aliphatic carbocycles. The summed E-state index contributed by atoms with van der Waals surface area (Å²) in [4.78, 5) is 2.99. The molecule has 1 atom stereocenters. The molecule has 0 saturated heterocycles. The number of hydrogen-bond donors (Lipinski definition) is 1. The van der Waals surface area contributed by atoms with E-state index in [4.69, 9.17) is 0 Å². The third-order valence-corrected chi connectivity index (χ3v) is 4.15. The molecule has 110 valence electrons. The van der Waals surface area contributed by atoms with Crippen LogP contribution in [0.4, 0.5) is 0 Å². The molecule has 0 amide bonds. The third-order valence-electron chi connectivity index (χ3n) is 3.22. The third kappa shape index (κ3) is 5.02. The maximum Gasteiger partial charge on any atom is 0.176 e. The number of nitrogens with one attached hydrogen (secondary N) is 1. The van der Waals surface area contributed by atoms with Crippen LogP contribution in [0.3, 0.4) is 0 Å². The number of aromatic nitrogens is 4. The van der Waals surface area contributed by atoms with Gasteiger partial charge in [0, 0.05) is 17.3 Å². The van der Waals surface area contributed by atoms with Crippen molar-refractivity contribution in [3.8, 4) is 0 Å². The van der Waals surface area contributed by atoms with E-state index in [1.165, 1.54) is 16.1 Å². The topological polar surface area (TPSA) is 55.6 Å². The highest BCUT2D eigenvalue weighted by atomic mass is 32.1. The first-order chi connectivity index (χ1) is 9.78. The van der Waals surface area contributed by atoms with Crippen LogP contribution < -0.4 is 5.32 Å². The number of aryl methyl sites for hydroxylation is 2. The minimum atomic E-state index is 0.444. The summed E-state index contributed by atoms with van der Waals surface area (Å²) in [5.74, 6) is 0.831. The van der Waals surface area contributed by atoms with Crippen molar-refractivity contribution in [3.63, 3.8) is 0 Å². The molecule has 1 N–H and O–H groups in total. The van der Waals surface area contributed by atoms with Gasteiger partial charge in [-0.15, -0.1) is 21.5 Å². The van der Waals surface area contributed by atoms with E-state index in [0.29, 0.717) is 6.04 Å². The zero-order valence-electron chi connectivity index (χ0n) is 12.2. The van der Waals surface area contributed by atoms with Crippen LogP contribution in [0.1, 0.15) is 36.9 Å². The standard InChI is InChI=1S/C14H23N5S/c1-3-9-15-12(11-14-16-18-19(2)17-14)6-4-7-13-8-5-10-20-13/h5,8,10,12,15H,3-4,6-7,9,11H2,1-2H3. The molecule has 2 heterocycles. The molecule has 2 aromatic rings. The first-order valence-corrected chi connectivity index (χ1v) is 8.14. The SMILES string of the molecule is CCCNC(CCCc1cccs1)Cc1nnn(C)n1. The molecule has 0 spiro atoms. The molecule has 2 aromatic heterocycles. The van der Waals surface area contributed by atoms with E-state index in [1.54, 1.807) is 0 Å². The van der Waals surface area contributed by atoms with Crippen molar-refractivity contribution in [1.29, 1.82) is 0 Å². The van der Waals surface area contributed by atoms with Gasteiger partial charge in [0.15, 0.2) is 5.82 Å². The fourth-order valence-corrected chi connectivity index (χ4v) is 2.98. The largest absolute Gasteiger partial charge is 0.314 e. The van der Waals surface area contributed by atoms with Gasteiger partial charge in [-0.2, -0.15) is 4.80 Å². The number of thiophene rings is 1. The van der Waals surface area contributed by atoms with Gasteiger partial charge < -0.3 is 5.32 Å². The first-order valence-electron chi connectivity index (χ1n) is 7.26. The smallest absolute Gasteiger partial charge is 0.176 e. The lowest BCUT2D eigenvalue weighted by atomic mass is 10.1. The van der Waals surface area contributed by atoms with Crippen molar-refractivity contribution in [1.82, 2.24) is 25.5 Å². The molecular formula is C14H23N5S. The van der Waals surface area contributed by atoms with Crippen LogP contribution in [0.2, 0.25) is 0 Å². The zero-order valence-corrected chi connectivity index (χ0v) is 13.1. The van der Waals surface area contributed by atoms with Crippen LogP contribution in [-0.2, 0) is 19.9 Å². The van der Waals surface area contributed by atoms with Gasteiger partial charge in [0.05, 0.1) is 7.05 Å². The van der Waals surface area contributed by atoms with Crippen molar-refractivity contribution < 1.29 is 0 Å². The summed E-state index contributed by atoms with van der Waals surface area (Å²) in [6, 6.07) is 4.78. The van der Waals surface area contributed by atoms with Gasteiger partial charge in [0.2, 0.25) is 0 Å². The predicted octanol–water partition coefficient (Wildman–Crippen LogP) is 2.21. The van der Waals surface area contributed by atoms with Gasteiger partial charge in [-0.3, -0.25) is 0 Å². The highest BCUT2D eigenvalue weighted by molar-refractivity contribution is 7.09.